The van der Waals surface area contributed by atoms with E-state index in [-0.39, 0.29) is 24.0 Å². The Kier molecular flexibility index (Phi) is 17.3. The summed E-state index contributed by atoms with van der Waals surface area (Å²) in [6.45, 7) is 11.9. The molecule has 1 saturated heterocycles. The molecule has 1 atom stereocenters. The van der Waals surface area contributed by atoms with Gasteiger partial charge in [-0.1, -0.05) is 33.1 Å². The van der Waals surface area contributed by atoms with Gasteiger partial charge in [0.2, 0.25) is 0 Å². The fourth-order valence-electron chi connectivity index (χ4n) is 2.85. The number of ether oxygens (including phenoxy) is 2. The van der Waals surface area contributed by atoms with E-state index >= 15 is 0 Å². The maximum absolute atomic E-state index is 5.90. The maximum Gasteiger partial charge on any atom is 0.191 e. The highest BCUT2D eigenvalue weighted by atomic mass is 127. The van der Waals surface area contributed by atoms with E-state index < -0.39 is 0 Å². The first-order valence-electron chi connectivity index (χ1n) is 10.0. The van der Waals surface area contributed by atoms with Crippen molar-refractivity contribution >= 4 is 29.9 Å². The zero-order chi connectivity index (χ0) is 17.5. The lowest BCUT2D eigenvalue weighted by molar-refractivity contribution is -0.0320. The number of hydrogen-bond donors (Lipinski definition) is 2. The topological polar surface area (TPSA) is 54.9 Å². The smallest absolute Gasteiger partial charge is 0.191 e. The Bertz CT molecular complexity index is 324. The molecule has 0 aromatic rings. The molecule has 0 aromatic carbocycles. The second-order valence-electron chi connectivity index (χ2n) is 6.60. The average molecular weight is 469 g/mol. The van der Waals surface area contributed by atoms with Crippen LogP contribution in [-0.2, 0) is 9.47 Å². The van der Waals surface area contributed by atoms with Gasteiger partial charge in [-0.2, -0.15) is 0 Å². The number of rotatable bonds is 12. The van der Waals surface area contributed by atoms with E-state index in [1.54, 1.807) is 0 Å². The van der Waals surface area contributed by atoms with Gasteiger partial charge in [-0.3, -0.25) is 4.99 Å². The van der Waals surface area contributed by atoms with Crippen LogP contribution in [-0.4, -0.2) is 51.5 Å². The van der Waals surface area contributed by atoms with Gasteiger partial charge >= 0.3 is 0 Å². The van der Waals surface area contributed by atoms with E-state index in [0.29, 0.717) is 12.0 Å². The van der Waals surface area contributed by atoms with Crippen LogP contribution >= 0.6 is 24.0 Å². The lowest BCUT2D eigenvalue weighted by Crippen LogP contribution is -2.38. The van der Waals surface area contributed by atoms with Crippen LogP contribution in [0.2, 0.25) is 0 Å². The third-order valence-electron chi connectivity index (χ3n) is 4.53. The minimum Gasteiger partial charge on any atom is -0.381 e. The van der Waals surface area contributed by atoms with Gasteiger partial charge in [0.25, 0.3) is 0 Å². The van der Waals surface area contributed by atoms with Crippen molar-refractivity contribution in [3.05, 3.63) is 0 Å². The Morgan fingerprint density at radius 2 is 1.92 bits per heavy atom. The van der Waals surface area contributed by atoms with Gasteiger partial charge in [0.15, 0.2) is 5.96 Å². The molecule has 150 valence electrons. The molecule has 0 aliphatic carbocycles. The minimum atomic E-state index is 0. The number of aliphatic imine (C=N–C) groups is 1. The molecule has 1 rings (SSSR count). The molecule has 0 aromatic heterocycles. The Hall–Kier alpha value is -0.0800. The Balaban J connectivity index is 0.00000576. The van der Waals surface area contributed by atoms with Crippen LogP contribution in [0.5, 0.6) is 0 Å². The van der Waals surface area contributed by atoms with Gasteiger partial charge in [-0.25, -0.2) is 0 Å². The van der Waals surface area contributed by atoms with E-state index in [1.807, 2.05) is 0 Å². The zero-order valence-corrected chi connectivity index (χ0v) is 18.8. The van der Waals surface area contributed by atoms with Crippen LogP contribution in [0.15, 0.2) is 4.99 Å². The molecule has 0 saturated carbocycles. The summed E-state index contributed by atoms with van der Waals surface area (Å²) < 4.78 is 11.3. The zero-order valence-electron chi connectivity index (χ0n) is 16.5. The second-order valence-corrected chi connectivity index (χ2v) is 6.60. The Labute approximate surface area is 172 Å². The van der Waals surface area contributed by atoms with Crippen molar-refractivity contribution < 1.29 is 9.47 Å². The predicted octanol–water partition coefficient (Wildman–Crippen LogP) is 3.96. The van der Waals surface area contributed by atoms with E-state index in [9.17, 15) is 0 Å². The highest BCUT2D eigenvalue weighted by molar-refractivity contribution is 14.0. The molecule has 0 bridgehead atoms. The highest BCUT2D eigenvalue weighted by Gasteiger charge is 2.13. The van der Waals surface area contributed by atoms with Crippen molar-refractivity contribution in [3.63, 3.8) is 0 Å². The lowest BCUT2D eigenvalue weighted by atomic mass is 10.00. The monoisotopic (exact) mass is 469 g/mol. The van der Waals surface area contributed by atoms with Crippen LogP contribution in [0.3, 0.4) is 0 Å². The quantitative estimate of drug-likeness (QED) is 0.197. The molecule has 2 N–H and O–H groups in total. The molecular weight excluding hydrogens is 429 g/mol. The van der Waals surface area contributed by atoms with Crippen LogP contribution in [0.1, 0.15) is 65.7 Å². The fraction of sp³-hybridized carbons (Fsp3) is 0.947. The number of nitrogens with one attached hydrogen (secondary N) is 2. The summed E-state index contributed by atoms with van der Waals surface area (Å²) in [6.07, 6.45) is 8.55. The molecule has 1 heterocycles. The maximum atomic E-state index is 5.90. The molecule has 1 aliphatic rings. The first-order valence-corrected chi connectivity index (χ1v) is 10.0. The third-order valence-corrected chi connectivity index (χ3v) is 4.53. The standard InChI is InChI=1S/C19H39N3O2.HI/c1-4-7-9-17(5-2)16-22-19(20-6-3)21-12-8-13-24-18-10-14-23-15-11-18;/h17-18H,4-16H2,1-3H3,(H2,20,21,22);1H. The summed E-state index contributed by atoms with van der Waals surface area (Å²) in [5.74, 6) is 1.65. The highest BCUT2D eigenvalue weighted by Crippen LogP contribution is 2.12. The molecular formula is C19H40IN3O2. The predicted molar refractivity (Wildman–Crippen MR) is 117 cm³/mol. The first-order chi connectivity index (χ1) is 11.8. The summed E-state index contributed by atoms with van der Waals surface area (Å²) in [5.41, 5.74) is 0. The van der Waals surface area contributed by atoms with Crippen molar-refractivity contribution in [2.75, 3.05) is 39.5 Å². The molecule has 6 heteroatoms. The SMILES string of the molecule is CCCCC(CC)CN=C(NCC)NCCCOC1CCOCC1.I. The molecule has 0 amide bonds. The van der Waals surface area contributed by atoms with Crippen molar-refractivity contribution in [3.8, 4) is 0 Å². The van der Waals surface area contributed by atoms with Gasteiger partial charge in [0.1, 0.15) is 0 Å². The molecule has 0 spiro atoms. The van der Waals surface area contributed by atoms with Gasteiger partial charge in [0, 0.05) is 39.5 Å². The summed E-state index contributed by atoms with van der Waals surface area (Å²) in [5, 5.41) is 6.77. The van der Waals surface area contributed by atoms with E-state index in [2.05, 4.69) is 31.4 Å². The van der Waals surface area contributed by atoms with E-state index in [0.717, 1.165) is 64.7 Å². The molecule has 1 fully saturated rings. The van der Waals surface area contributed by atoms with Gasteiger partial charge in [-0.05, 0) is 38.5 Å². The molecule has 1 aliphatic heterocycles. The Morgan fingerprint density at radius 1 is 1.16 bits per heavy atom. The van der Waals surface area contributed by atoms with Crippen LogP contribution in [0.25, 0.3) is 0 Å². The average Bonchev–Trinajstić information content (AvgIpc) is 2.62. The largest absolute Gasteiger partial charge is 0.381 e. The normalized spacial score (nSPS) is 17.0. The van der Waals surface area contributed by atoms with Crippen LogP contribution in [0, 0.1) is 5.92 Å². The summed E-state index contributed by atoms with van der Waals surface area (Å²) in [7, 11) is 0. The lowest BCUT2D eigenvalue weighted by Gasteiger charge is -2.22. The second kappa shape index (κ2) is 17.3. The third kappa shape index (κ3) is 12.8. The number of hydrogen-bond acceptors (Lipinski definition) is 3. The minimum absolute atomic E-state index is 0. The van der Waals surface area contributed by atoms with Crippen LogP contribution in [0.4, 0.5) is 0 Å². The Morgan fingerprint density at radius 3 is 2.56 bits per heavy atom. The van der Waals surface area contributed by atoms with Crippen molar-refractivity contribution in [2.45, 2.75) is 71.8 Å². The fourth-order valence-corrected chi connectivity index (χ4v) is 2.85. The molecule has 5 nitrogen and oxygen atoms in total. The number of guanidine groups is 1. The summed E-state index contributed by atoms with van der Waals surface area (Å²) in [6, 6.07) is 0. The number of halogens is 1. The van der Waals surface area contributed by atoms with Crippen molar-refractivity contribution in [1.82, 2.24) is 10.6 Å². The summed E-state index contributed by atoms with van der Waals surface area (Å²) >= 11 is 0. The van der Waals surface area contributed by atoms with Gasteiger partial charge in [-0.15, -0.1) is 24.0 Å². The number of nitrogens with zero attached hydrogens (tertiary/aromatic N) is 1. The van der Waals surface area contributed by atoms with Crippen LogP contribution < -0.4 is 10.6 Å². The van der Waals surface area contributed by atoms with E-state index in [4.69, 9.17) is 14.5 Å². The van der Waals surface area contributed by atoms with E-state index in [1.165, 1.54) is 25.7 Å². The van der Waals surface area contributed by atoms with Gasteiger partial charge in [0.05, 0.1) is 6.10 Å². The molecule has 1 unspecified atom stereocenters. The van der Waals surface area contributed by atoms with Crippen molar-refractivity contribution in [1.29, 1.82) is 0 Å². The summed E-state index contributed by atoms with van der Waals surface area (Å²) in [4.78, 5) is 4.76. The number of unbranched alkanes of at least 4 members (excludes halogenated alkanes) is 1. The van der Waals surface area contributed by atoms with Gasteiger partial charge < -0.3 is 20.1 Å². The first kappa shape index (κ1) is 24.9. The molecule has 25 heavy (non-hydrogen) atoms. The molecule has 0 radical (unpaired) electrons. The van der Waals surface area contributed by atoms with Crippen molar-refractivity contribution in [2.24, 2.45) is 10.9 Å².